The van der Waals surface area contributed by atoms with Crippen LogP contribution in [-0.2, 0) is 58.4 Å². The number of oxime groups is 1. The van der Waals surface area contributed by atoms with E-state index < -0.39 is 69.8 Å². The predicted molar refractivity (Wildman–Crippen MR) is 238 cm³/mol. The lowest BCUT2D eigenvalue weighted by Gasteiger charge is -2.49. The number of esters is 2. The number of nitrogens with two attached hydrogens (primary N) is 2. The molecule has 2 aromatic heterocycles. The van der Waals surface area contributed by atoms with Crippen molar-refractivity contribution in [1.29, 1.82) is 0 Å². The molecule has 65 heavy (non-hydrogen) atoms. The molecular formula is C40H55N12O11S2+. The normalized spacial score (nSPS) is 16.4. The molecular weight excluding hydrogens is 889 g/mol. The summed E-state index contributed by atoms with van der Waals surface area (Å²) in [6.45, 7) is 13.1. The Morgan fingerprint density at radius 1 is 0.969 bits per heavy atom. The standard InChI is InChI=1S/C40H54N12O11S2/c1-38(2,3)61-34(56)40(7,8)63-48-25(29-47-35(42)65-49-29)30(53)46-26-31(54)52-27(33(55)60-19-21-11-13-23(59-10)14-12-21)22(20-64-32(26)52)17-51-18-24(28(41)50(51)9)45-36(57)43-15-16-44-37(58)62-39(4,5)6/h11-14,18,26,32,41H,15-17,19-20H2,1-10H3,(H6,42,43,44,45,46,47,49,53,57,58)/p+1/t26-,32-/m1/s1. The van der Waals surface area contributed by atoms with E-state index in [2.05, 4.69) is 35.8 Å². The van der Waals surface area contributed by atoms with E-state index in [1.165, 1.54) is 37.6 Å². The van der Waals surface area contributed by atoms with Crippen molar-refractivity contribution in [2.24, 2.45) is 12.2 Å². The number of carbonyl (C=O) groups is 6. The Labute approximate surface area is 383 Å². The van der Waals surface area contributed by atoms with Gasteiger partial charge in [-0.15, -0.1) is 21.1 Å². The zero-order valence-electron chi connectivity index (χ0n) is 37.7. The molecule has 1 fully saturated rings. The monoisotopic (exact) mass is 943 g/mol. The number of alkyl carbamates (subject to hydrolysis) is 1. The van der Waals surface area contributed by atoms with Crippen LogP contribution in [0.15, 0.2) is 46.9 Å². The first kappa shape index (κ1) is 49.4. The van der Waals surface area contributed by atoms with Crippen molar-refractivity contribution in [1.82, 2.24) is 34.9 Å². The number of hydrogen-bond acceptors (Lipinski definition) is 18. The Kier molecular flexibility index (Phi) is 15.2. The number of hydrogen-bond donors (Lipinski definition) is 6. The lowest BCUT2D eigenvalue weighted by atomic mass is 10.0. The van der Waals surface area contributed by atoms with E-state index in [1.807, 2.05) is 0 Å². The minimum atomic E-state index is -1.66. The average molecular weight is 944 g/mol. The molecule has 2 aliphatic rings. The Bertz CT molecular complexity index is 2370. The quantitative estimate of drug-likeness (QED) is 0.0227. The highest BCUT2D eigenvalue weighted by Gasteiger charge is 2.55. The van der Waals surface area contributed by atoms with Crippen LogP contribution in [0.4, 0.5) is 26.2 Å². The lowest BCUT2D eigenvalue weighted by Crippen LogP contribution is -2.71. The maximum Gasteiger partial charge on any atom is 0.407 e. The van der Waals surface area contributed by atoms with Crippen LogP contribution in [0.3, 0.4) is 0 Å². The minimum Gasteiger partial charge on any atom is -0.497 e. The molecule has 0 bridgehead atoms. The molecule has 0 saturated carbocycles. The predicted octanol–water partition coefficient (Wildman–Crippen LogP) is 1.92. The average Bonchev–Trinajstić information content (AvgIpc) is 3.76. The van der Waals surface area contributed by atoms with Gasteiger partial charge in [0, 0.05) is 35.9 Å². The number of nitrogens with one attached hydrogen (secondary N) is 4. The van der Waals surface area contributed by atoms with Crippen molar-refractivity contribution in [3.8, 4) is 5.75 Å². The summed E-state index contributed by atoms with van der Waals surface area (Å²) in [7, 11) is 3.18. The summed E-state index contributed by atoms with van der Waals surface area (Å²) in [5.41, 5.74) is 9.88. The number of rotatable bonds is 16. The van der Waals surface area contributed by atoms with Gasteiger partial charge in [0.1, 0.15) is 40.7 Å². The number of aromatic nitrogens is 4. The van der Waals surface area contributed by atoms with Crippen molar-refractivity contribution in [3.63, 3.8) is 0 Å². The second-order valence-electron chi connectivity index (χ2n) is 17.1. The highest BCUT2D eigenvalue weighted by molar-refractivity contribution is 8.00. The molecule has 0 spiro atoms. The van der Waals surface area contributed by atoms with Gasteiger partial charge in [0.05, 0.1) is 14.2 Å². The third kappa shape index (κ3) is 12.8. The van der Waals surface area contributed by atoms with Gasteiger partial charge >= 0.3 is 24.1 Å². The summed E-state index contributed by atoms with van der Waals surface area (Å²) >= 11 is 2.06. The highest BCUT2D eigenvalue weighted by Crippen LogP contribution is 2.41. The number of carbonyl (C=O) groups excluding carboxylic acids is 6. The molecule has 5 amide bonds. The van der Waals surface area contributed by atoms with Gasteiger partial charge in [-0.1, -0.05) is 17.3 Å². The number of thioether (sulfide) groups is 1. The fourth-order valence-corrected chi connectivity index (χ4v) is 7.70. The molecule has 1 saturated heterocycles. The smallest absolute Gasteiger partial charge is 0.407 e. The lowest BCUT2D eigenvalue weighted by molar-refractivity contribution is -0.765. The molecule has 23 nitrogen and oxygen atoms in total. The summed E-state index contributed by atoms with van der Waals surface area (Å²) in [6.07, 6.45) is 0.936. The number of nitrogens with zero attached hydrogens (tertiary/aromatic N) is 6. The zero-order chi connectivity index (χ0) is 48.0. The first-order valence-corrected chi connectivity index (χ1v) is 21.9. The number of anilines is 3. The fraction of sp³-hybridized carbons (Fsp3) is 0.500. The number of nitrogen functional groups attached to an aromatic ring is 2. The van der Waals surface area contributed by atoms with Crippen LogP contribution in [0.2, 0.25) is 0 Å². The molecule has 2 aliphatic heterocycles. The third-order valence-electron chi connectivity index (χ3n) is 9.15. The van der Waals surface area contributed by atoms with Crippen LogP contribution >= 0.6 is 23.3 Å². The van der Waals surface area contributed by atoms with E-state index in [9.17, 15) is 28.8 Å². The number of benzene rings is 1. The van der Waals surface area contributed by atoms with Crippen molar-refractivity contribution in [2.75, 3.05) is 42.7 Å². The van der Waals surface area contributed by atoms with Crippen LogP contribution in [0.25, 0.3) is 0 Å². The van der Waals surface area contributed by atoms with Gasteiger partial charge in [-0.05, 0) is 73.1 Å². The number of fused-ring (bicyclic) bond motifs is 1. The molecule has 352 valence electrons. The molecule has 0 aliphatic carbocycles. The van der Waals surface area contributed by atoms with Gasteiger partial charge in [-0.25, -0.2) is 19.2 Å². The topological polar surface area (TPSA) is 299 Å². The van der Waals surface area contributed by atoms with Crippen LogP contribution < -0.4 is 42.2 Å². The number of urea groups is 1. The molecule has 0 radical (unpaired) electrons. The van der Waals surface area contributed by atoms with E-state index in [0.29, 0.717) is 16.9 Å². The van der Waals surface area contributed by atoms with E-state index in [0.717, 1.165) is 11.5 Å². The maximum atomic E-state index is 14.1. The maximum absolute atomic E-state index is 14.1. The zero-order valence-corrected chi connectivity index (χ0v) is 39.4. The Morgan fingerprint density at radius 3 is 2.25 bits per heavy atom. The molecule has 25 heteroatoms. The van der Waals surface area contributed by atoms with Gasteiger partial charge in [0.2, 0.25) is 23.3 Å². The van der Waals surface area contributed by atoms with Gasteiger partial charge in [0.15, 0.2) is 23.2 Å². The molecule has 4 heterocycles. The summed E-state index contributed by atoms with van der Waals surface area (Å²) < 4.78 is 28.9. The second kappa shape index (κ2) is 20.0. The van der Waals surface area contributed by atoms with Gasteiger partial charge in [-0.3, -0.25) is 19.8 Å². The van der Waals surface area contributed by atoms with Gasteiger partial charge in [-0.2, -0.15) is 9.36 Å². The van der Waals surface area contributed by atoms with E-state index >= 15 is 0 Å². The van der Waals surface area contributed by atoms with Crippen molar-refractivity contribution >= 4 is 81.5 Å². The second-order valence-corrected chi connectivity index (χ2v) is 19.0. The Morgan fingerprint density at radius 2 is 1.63 bits per heavy atom. The van der Waals surface area contributed by atoms with Crippen molar-refractivity contribution < 1.29 is 57.2 Å². The third-order valence-corrected chi connectivity index (χ3v) is 11.0. The number of methoxy groups -OCH3 is 1. The van der Waals surface area contributed by atoms with Crippen molar-refractivity contribution in [3.05, 3.63) is 53.1 Å². The van der Waals surface area contributed by atoms with E-state index in [1.54, 1.807) is 88.4 Å². The van der Waals surface area contributed by atoms with Crippen LogP contribution in [0.5, 0.6) is 5.75 Å². The van der Waals surface area contributed by atoms with Crippen LogP contribution in [0, 0.1) is 0 Å². The fourth-order valence-electron chi connectivity index (χ4n) is 5.93. The molecule has 3 aromatic rings. The summed E-state index contributed by atoms with van der Waals surface area (Å²) in [4.78, 5) is 90.5. The Hall–Kier alpha value is -6.63. The highest BCUT2D eigenvalue weighted by atomic mass is 32.2. The SMILES string of the molecule is COc1ccc(COC(=O)C2=C(C[n+]3cc(NC(=O)NCCNC(=O)OC(C)(C)C)c(N)n3C)CS[C@@H]3[C@H](NC(=O)C(=NOC(C)(C)C(=O)OC(C)(C)C)c4nsc(N)n4)C(=O)N23)cc1. The van der Waals surface area contributed by atoms with E-state index in [-0.39, 0.29) is 60.2 Å². The summed E-state index contributed by atoms with van der Waals surface area (Å²) in [6, 6.07) is 5.13. The number of ether oxygens (including phenoxy) is 4. The molecule has 1 aromatic carbocycles. The number of β-lactam (4-membered cyclic amide) rings is 1. The molecule has 2 atom stereocenters. The molecule has 0 unspecified atom stereocenters. The summed E-state index contributed by atoms with van der Waals surface area (Å²) in [5.74, 6) is -2.35. The van der Waals surface area contributed by atoms with Crippen molar-refractivity contribution in [2.45, 2.75) is 96.8 Å². The summed E-state index contributed by atoms with van der Waals surface area (Å²) in [5, 5.41) is 13.7. The minimum absolute atomic E-state index is 0.0183. The Balaban J connectivity index is 1.36. The van der Waals surface area contributed by atoms with E-state index in [4.69, 9.17) is 35.3 Å². The molecule has 8 N–H and O–H groups in total. The van der Waals surface area contributed by atoms with Gasteiger partial charge < -0.3 is 51.2 Å². The first-order valence-electron chi connectivity index (χ1n) is 20.1. The first-order chi connectivity index (χ1) is 30.4. The van der Waals surface area contributed by atoms with Gasteiger partial charge in [0.25, 0.3) is 11.8 Å². The largest absolute Gasteiger partial charge is 0.497 e. The van der Waals surface area contributed by atoms with Crippen LogP contribution in [-0.4, -0.2) is 115 Å². The molecule has 5 rings (SSSR count). The van der Waals surface area contributed by atoms with Crippen LogP contribution in [0.1, 0.15) is 66.8 Å². The number of amides is 5.